The molecule has 4 rings (SSSR count). The summed E-state index contributed by atoms with van der Waals surface area (Å²) in [6.45, 7) is 2.84. The highest BCUT2D eigenvalue weighted by atomic mass is 19.4. The number of carbonyl (C=O) groups is 1. The number of piperidine rings is 1. The van der Waals surface area contributed by atoms with Crippen LogP contribution >= 0.6 is 0 Å². The highest BCUT2D eigenvalue weighted by Gasteiger charge is 2.32. The molecule has 1 aliphatic heterocycles. The van der Waals surface area contributed by atoms with Gasteiger partial charge in [0.05, 0.1) is 23.0 Å². The second-order valence-electron chi connectivity index (χ2n) is 7.35. The molecule has 0 bridgehead atoms. The van der Waals surface area contributed by atoms with Gasteiger partial charge in [0.25, 0.3) is 5.91 Å². The number of amides is 1. The Balaban J connectivity index is 1.54. The number of likely N-dealkylation sites (tertiary alicyclic amines) is 1. The Morgan fingerprint density at radius 2 is 2.03 bits per heavy atom. The smallest absolute Gasteiger partial charge is 0.338 e. The quantitative estimate of drug-likeness (QED) is 0.652. The second-order valence-corrected chi connectivity index (χ2v) is 7.35. The number of hydrogen-bond acceptors (Lipinski definition) is 5. The number of carbonyl (C=O) groups excluding carboxylic acids is 1. The van der Waals surface area contributed by atoms with E-state index in [0.717, 1.165) is 30.9 Å². The van der Waals surface area contributed by atoms with Crippen LogP contribution in [-0.2, 0) is 13.2 Å². The van der Waals surface area contributed by atoms with E-state index in [-0.39, 0.29) is 17.6 Å². The maximum absolute atomic E-state index is 13.1. The third kappa shape index (κ3) is 3.66. The van der Waals surface area contributed by atoms with E-state index in [4.69, 9.17) is 0 Å². The van der Waals surface area contributed by atoms with Gasteiger partial charge in [-0.05, 0) is 31.9 Å². The van der Waals surface area contributed by atoms with Crippen LogP contribution in [0.3, 0.4) is 0 Å². The first-order valence-electron chi connectivity index (χ1n) is 9.47. The van der Waals surface area contributed by atoms with Gasteiger partial charge in [0, 0.05) is 32.3 Å². The van der Waals surface area contributed by atoms with Crippen LogP contribution in [0.25, 0.3) is 5.82 Å². The normalized spacial score (nSPS) is 17.4. The molecule has 1 unspecified atom stereocenters. The van der Waals surface area contributed by atoms with Crippen LogP contribution in [0.4, 0.5) is 13.2 Å². The van der Waals surface area contributed by atoms with Crippen LogP contribution in [0.15, 0.2) is 30.9 Å². The number of hydrogen-bond donors (Lipinski definition) is 0. The largest absolute Gasteiger partial charge is 0.417 e. The van der Waals surface area contributed by atoms with Crippen LogP contribution in [0.1, 0.15) is 46.2 Å². The molecule has 0 aromatic carbocycles. The molecule has 1 atom stereocenters. The Bertz CT molecular complexity index is 1060. The maximum atomic E-state index is 13.1. The lowest BCUT2D eigenvalue weighted by Gasteiger charge is -2.32. The van der Waals surface area contributed by atoms with Gasteiger partial charge in [-0.2, -0.15) is 18.3 Å². The lowest BCUT2D eigenvalue weighted by atomic mass is 9.96. The zero-order valence-electron chi connectivity index (χ0n) is 16.5. The number of halogens is 3. The summed E-state index contributed by atoms with van der Waals surface area (Å²) in [5.74, 6) is 0.990. The van der Waals surface area contributed by atoms with Gasteiger partial charge in [-0.1, -0.05) is 0 Å². The molecule has 3 aromatic heterocycles. The monoisotopic (exact) mass is 419 g/mol. The van der Waals surface area contributed by atoms with Gasteiger partial charge in [-0.3, -0.25) is 4.79 Å². The van der Waals surface area contributed by atoms with Crippen LogP contribution in [0, 0.1) is 6.92 Å². The number of alkyl halides is 3. The molecule has 1 aliphatic rings. The van der Waals surface area contributed by atoms with Crippen molar-refractivity contribution < 1.29 is 18.0 Å². The molecule has 1 fully saturated rings. The average Bonchev–Trinajstić information content (AvgIpc) is 3.32. The van der Waals surface area contributed by atoms with Crippen molar-refractivity contribution in [2.24, 2.45) is 7.05 Å². The van der Waals surface area contributed by atoms with E-state index < -0.39 is 11.7 Å². The molecule has 0 spiro atoms. The van der Waals surface area contributed by atoms with Gasteiger partial charge in [-0.15, -0.1) is 10.2 Å². The number of pyridine rings is 1. The van der Waals surface area contributed by atoms with E-state index in [1.807, 2.05) is 11.6 Å². The molecule has 3 aromatic rings. The summed E-state index contributed by atoms with van der Waals surface area (Å²) in [6, 6.07) is 2.18. The molecule has 1 saturated heterocycles. The summed E-state index contributed by atoms with van der Waals surface area (Å²) in [5, 5.41) is 12.3. The number of rotatable bonds is 3. The third-order valence-corrected chi connectivity index (χ3v) is 5.35. The molecular weight excluding hydrogens is 399 g/mol. The summed E-state index contributed by atoms with van der Waals surface area (Å²) in [7, 11) is 1.88. The molecule has 1 amide bonds. The summed E-state index contributed by atoms with van der Waals surface area (Å²) in [6.07, 6.45) is 1.14. The van der Waals surface area contributed by atoms with Crippen molar-refractivity contribution in [3.63, 3.8) is 0 Å². The Labute approximate surface area is 170 Å². The van der Waals surface area contributed by atoms with Crippen molar-refractivity contribution in [1.29, 1.82) is 0 Å². The van der Waals surface area contributed by atoms with Gasteiger partial charge >= 0.3 is 6.18 Å². The van der Waals surface area contributed by atoms with E-state index in [2.05, 4.69) is 20.3 Å². The number of aromatic nitrogens is 6. The van der Waals surface area contributed by atoms with Crippen LogP contribution < -0.4 is 0 Å². The highest BCUT2D eigenvalue weighted by molar-refractivity contribution is 5.95. The lowest BCUT2D eigenvalue weighted by molar-refractivity contribution is -0.137. The standard InChI is InChI=1S/C19H20F3N7O/c1-12-15(9-25-29(12)16-6-5-14(8-23-16)19(20,21)22)18(30)28-7-3-4-13(10-28)17-26-24-11-27(17)2/h5-6,8-9,11,13H,3-4,7,10H2,1-2H3. The first-order valence-corrected chi connectivity index (χ1v) is 9.47. The van der Waals surface area contributed by atoms with Gasteiger partial charge in [0.2, 0.25) is 0 Å². The van der Waals surface area contributed by atoms with E-state index in [0.29, 0.717) is 24.3 Å². The Hall–Kier alpha value is -3.24. The Kier molecular flexibility index (Phi) is 5.04. The van der Waals surface area contributed by atoms with Crippen molar-refractivity contribution in [3.05, 3.63) is 53.5 Å². The van der Waals surface area contributed by atoms with E-state index in [9.17, 15) is 18.0 Å². The summed E-state index contributed by atoms with van der Waals surface area (Å²) < 4.78 is 41.5. The van der Waals surface area contributed by atoms with Crippen molar-refractivity contribution in [2.75, 3.05) is 13.1 Å². The first-order chi connectivity index (χ1) is 14.3. The summed E-state index contributed by atoms with van der Waals surface area (Å²) in [4.78, 5) is 18.7. The zero-order valence-corrected chi connectivity index (χ0v) is 16.5. The highest BCUT2D eigenvalue weighted by Crippen LogP contribution is 2.29. The van der Waals surface area contributed by atoms with Crippen LogP contribution in [0.5, 0.6) is 0 Å². The van der Waals surface area contributed by atoms with Gasteiger partial charge < -0.3 is 9.47 Å². The van der Waals surface area contributed by atoms with Crippen molar-refractivity contribution in [3.8, 4) is 5.82 Å². The molecule has 158 valence electrons. The molecular formula is C19H20F3N7O. The molecule has 0 N–H and O–H groups in total. The average molecular weight is 419 g/mol. The molecule has 8 nitrogen and oxygen atoms in total. The molecule has 11 heteroatoms. The Morgan fingerprint density at radius 1 is 1.23 bits per heavy atom. The van der Waals surface area contributed by atoms with Gasteiger partial charge in [-0.25, -0.2) is 9.67 Å². The summed E-state index contributed by atoms with van der Waals surface area (Å²) in [5.41, 5.74) is 0.0823. The fraction of sp³-hybridized carbons (Fsp3) is 0.421. The first kappa shape index (κ1) is 20.0. The predicted octanol–water partition coefficient (Wildman–Crippen LogP) is 2.74. The zero-order chi connectivity index (χ0) is 21.5. The van der Waals surface area contributed by atoms with Gasteiger partial charge in [0.15, 0.2) is 5.82 Å². The predicted molar refractivity (Wildman–Crippen MR) is 100.0 cm³/mol. The Morgan fingerprint density at radius 3 is 2.67 bits per heavy atom. The molecule has 0 radical (unpaired) electrons. The topological polar surface area (TPSA) is 81.7 Å². The summed E-state index contributed by atoms with van der Waals surface area (Å²) >= 11 is 0. The molecule has 30 heavy (non-hydrogen) atoms. The van der Waals surface area contributed by atoms with E-state index in [1.54, 1.807) is 18.2 Å². The molecule has 0 saturated carbocycles. The minimum absolute atomic E-state index is 0.0992. The second kappa shape index (κ2) is 7.54. The molecule has 0 aliphatic carbocycles. The minimum Gasteiger partial charge on any atom is -0.338 e. The maximum Gasteiger partial charge on any atom is 0.417 e. The third-order valence-electron chi connectivity index (χ3n) is 5.35. The number of aryl methyl sites for hydroxylation is 1. The SMILES string of the molecule is Cc1c(C(=O)N2CCCC(c3nncn3C)C2)cnn1-c1ccc(C(F)(F)F)cn1. The fourth-order valence-electron chi connectivity index (χ4n) is 3.73. The van der Waals surface area contributed by atoms with Gasteiger partial charge in [0.1, 0.15) is 12.2 Å². The van der Waals surface area contributed by atoms with Crippen LogP contribution in [0.2, 0.25) is 0 Å². The van der Waals surface area contributed by atoms with Crippen molar-refractivity contribution >= 4 is 5.91 Å². The van der Waals surface area contributed by atoms with E-state index in [1.165, 1.54) is 16.9 Å². The minimum atomic E-state index is -4.46. The fourth-order valence-corrected chi connectivity index (χ4v) is 3.73. The van der Waals surface area contributed by atoms with Crippen molar-refractivity contribution in [1.82, 2.24) is 34.4 Å². The lowest BCUT2D eigenvalue weighted by Crippen LogP contribution is -2.39. The van der Waals surface area contributed by atoms with E-state index >= 15 is 0 Å². The van der Waals surface area contributed by atoms with Crippen LogP contribution in [-0.4, -0.2) is 53.4 Å². The number of nitrogens with zero attached hydrogens (tertiary/aromatic N) is 7. The molecule has 4 heterocycles. The van der Waals surface area contributed by atoms with Crippen molar-refractivity contribution in [2.45, 2.75) is 31.9 Å².